The van der Waals surface area contributed by atoms with Crippen molar-refractivity contribution in [2.45, 2.75) is 64.0 Å². The Balaban J connectivity index is 5.03. The molecular formula is C14H30OSi2. The SMILES string of the molecule is C=CC[Si](CC)(CC=C)O[Si](CC)(CC)CC. The fourth-order valence-electron chi connectivity index (χ4n) is 2.48. The van der Waals surface area contributed by atoms with E-state index >= 15 is 0 Å². The van der Waals surface area contributed by atoms with Crippen molar-refractivity contribution in [3.8, 4) is 0 Å². The molecule has 0 aromatic carbocycles. The van der Waals surface area contributed by atoms with Gasteiger partial charge in [-0.05, 0) is 36.3 Å². The minimum atomic E-state index is -1.64. The van der Waals surface area contributed by atoms with Gasteiger partial charge in [0.25, 0.3) is 0 Å². The molecule has 0 fully saturated rings. The van der Waals surface area contributed by atoms with E-state index in [0.717, 1.165) is 12.1 Å². The van der Waals surface area contributed by atoms with Crippen LogP contribution >= 0.6 is 0 Å². The molecule has 0 N–H and O–H groups in total. The molecule has 0 saturated carbocycles. The summed E-state index contributed by atoms with van der Waals surface area (Å²) in [6, 6.07) is 7.05. The molecule has 0 aromatic heterocycles. The van der Waals surface area contributed by atoms with E-state index in [1.165, 1.54) is 24.2 Å². The van der Waals surface area contributed by atoms with E-state index in [-0.39, 0.29) is 0 Å². The molecule has 3 heteroatoms. The lowest BCUT2D eigenvalue weighted by Crippen LogP contribution is -2.49. The monoisotopic (exact) mass is 270 g/mol. The molecule has 0 atom stereocenters. The predicted octanol–water partition coefficient (Wildman–Crippen LogP) is 5.35. The fourth-order valence-corrected chi connectivity index (χ4v) is 12.4. The van der Waals surface area contributed by atoms with Gasteiger partial charge in [-0.2, -0.15) is 0 Å². The van der Waals surface area contributed by atoms with E-state index < -0.39 is 16.6 Å². The summed E-state index contributed by atoms with van der Waals surface area (Å²) in [4.78, 5) is 0. The first kappa shape index (κ1) is 16.9. The highest BCUT2D eigenvalue weighted by Gasteiger charge is 2.40. The highest BCUT2D eigenvalue weighted by atomic mass is 28.4. The fraction of sp³-hybridized carbons (Fsp3) is 0.714. The Morgan fingerprint density at radius 3 is 1.35 bits per heavy atom. The zero-order chi connectivity index (χ0) is 13.4. The van der Waals surface area contributed by atoms with Crippen LogP contribution in [-0.4, -0.2) is 16.6 Å². The molecule has 0 aliphatic heterocycles. The van der Waals surface area contributed by atoms with Gasteiger partial charge in [0, 0.05) is 0 Å². The van der Waals surface area contributed by atoms with Gasteiger partial charge in [-0.15, -0.1) is 13.2 Å². The Morgan fingerprint density at radius 1 is 0.765 bits per heavy atom. The first-order valence-corrected chi connectivity index (χ1v) is 12.1. The second-order valence-corrected chi connectivity index (χ2v) is 14.1. The molecule has 0 heterocycles. The summed E-state index contributed by atoms with van der Waals surface area (Å²) in [7, 11) is -3.12. The van der Waals surface area contributed by atoms with Crippen LogP contribution in [0.5, 0.6) is 0 Å². The van der Waals surface area contributed by atoms with E-state index in [2.05, 4.69) is 53.0 Å². The maximum Gasteiger partial charge on any atom is 0.186 e. The van der Waals surface area contributed by atoms with Crippen molar-refractivity contribution in [2.75, 3.05) is 0 Å². The van der Waals surface area contributed by atoms with Crippen molar-refractivity contribution in [3.05, 3.63) is 25.3 Å². The topological polar surface area (TPSA) is 9.23 Å². The average Bonchev–Trinajstić information content (AvgIpc) is 2.36. The molecule has 100 valence electrons. The van der Waals surface area contributed by atoms with Crippen LogP contribution in [0.1, 0.15) is 27.7 Å². The minimum Gasteiger partial charge on any atom is -0.454 e. The van der Waals surface area contributed by atoms with E-state index in [1.807, 2.05) is 0 Å². The normalized spacial score (nSPS) is 12.5. The molecule has 0 amide bonds. The average molecular weight is 271 g/mol. The molecule has 0 radical (unpaired) electrons. The number of rotatable bonds is 10. The molecule has 0 rings (SSSR count). The van der Waals surface area contributed by atoms with Gasteiger partial charge < -0.3 is 4.12 Å². The van der Waals surface area contributed by atoms with Crippen LogP contribution < -0.4 is 0 Å². The quantitative estimate of drug-likeness (QED) is 0.384. The maximum atomic E-state index is 6.84. The van der Waals surface area contributed by atoms with Crippen LogP contribution in [-0.2, 0) is 4.12 Å². The van der Waals surface area contributed by atoms with E-state index in [0.29, 0.717) is 0 Å². The van der Waals surface area contributed by atoms with E-state index in [1.54, 1.807) is 0 Å². The Labute approximate surface area is 110 Å². The van der Waals surface area contributed by atoms with Gasteiger partial charge in [0.1, 0.15) is 0 Å². The van der Waals surface area contributed by atoms with Crippen LogP contribution in [0.25, 0.3) is 0 Å². The van der Waals surface area contributed by atoms with Gasteiger partial charge >= 0.3 is 0 Å². The standard InChI is InChI=1S/C14H30OSi2/c1-7-13-17(12-6,14-8-2)15-16(9-3,10-4)11-5/h7-8H,1-2,9-14H2,3-6H3. The van der Waals surface area contributed by atoms with Crippen LogP contribution in [0.4, 0.5) is 0 Å². The highest BCUT2D eigenvalue weighted by Crippen LogP contribution is 2.32. The van der Waals surface area contributed by atoms with Crippen LogP contribution in [0.3, 0.4) is 0 Å². The third-order valence-electron chi connectivity index (χ3n) is 4.04. The summed E-state index contributed by atoms with van der Waals surface area (Å²) < 4.78 is 6.84. The molecule has 17 heavy (non-hydrogen) atoms. The maximum absolute atomic E-state index is 6.84. The van der Waals surface area contributed by atoms with Crippen molar-refractivity contribution in [2.24, 2.45) is 0 Å². The van der Waals surface area contributed by atoms with Crippen molar-refractivity contribution >= 4 is 16.6 Å². The predicted molar refractivity (Wildman–Crippen MR) is 84.5 cm³/mol. The summed E-state index contributed by atoms with van der Waals surface area (Å²) >= 11 is 0. The number of hydrogen-bond donors (Lipinski definition) is 0. The summed E-state index contributed by atoms with van der Waals surface area (Å²) in [5.74, 6) is 0. The van der Waals surface area contributed by atoms with Crippen LogP contribution in [0, 0.1) is 0 Å². The van der Waals surface area contributed by atoms with E-state index in [9.17, 15) is 0 Å². The Bertz CT molecular complexity index is 216. The largest absolute Gasteiger partial charge is 0.454 e. The summed E-state index contributed by atoms with van der Waals surface area (Å²) in [6.45, 7) is 17.0. The van der Waals surface area contributed by atoms with E-state index in [4.69, 9.17) is 4.12 Å². The smallest absolute Gasteiger partial charge is 0.186 e. The van der Waals surface area contributed by atoms with Crippen molar-refractivity contribution in [1.82, 2.24) is 0 Å². The third-order valence-corrected chi connectivity index (χ3v) is 14.7. The molecule has 0 aliphatic rings. The molecule has 1 nitrogen and oxygen atoms in total. The van der Waals surface area contributed by atoms with Gasteiger partial charge in [0.2, 0.25) is 0 Å². The lowest BCUT2D eigenvalue weighted by Gasteiger charge is -2.40. The number of hydrogen-bond acceptors (Lipinski definition) is 1. The second-order valence-electron chi connectivity index (χ2n) is 4.87. The molecule has 0 spiro atoms. The minimum absolute atomic E-state index is 1.07. The lowest BCUT2D eigenvalue weighted by molar-refractivity contribution is 0.515. The molecule has 0 aromatic rings. The lowest BCUT2D eigenvalue weighted by atomic mass is 10.7. The molecular weight excluding hydrogens is 240 g/mol. The van der Waals surface area contributed by atoms with Crippen molar-refractivity contribution in [1.29, 1.82) is 0 Å². The zero-order valence-corrected chi connectivity index (χ0v) is 14.2. The Kier molecular flexibility index (Phi) is 8.00. The van der Waals surface area contributed by atoms with Crippen LogP contribution in [0.15, 0.2) is 25.3 Å². The summed E-state index contributed by atoms with van der Waals surface area (Å²) in [6.07, 6.45) is 4.11. The first-order valence-electron chi connectivity index (χ1n) is 6.99. The van der Waals surface area contributed by atoms with Gasteiger partial charge in [-0.1, -0.05) is 39.8 Å². The van der Waals surface area contributed by atoms with Crippen LogP contribution in [0.2, 0.25) is 36.3 Å². The van der Waals surface area contributed by atoms with Gasteiger partial charge in [-0.3, -0.25) is 0 Å². The van der Waals surface area contributed by atoms with Gasteiger partial charge in [-0.25, -0.2) is 0 Å². The third kappa shape index (κ3) is 4.56. The molecule has 0 bridgehead atoms. The summed E-state index contributed by atoms with van der Waals surface area (Å²) in [5, 5.41) is 0. The van der Waals surface area contributed by atoms with Crippen molar-refractivity contribution < 1.29 is 4.12 Å². The first-order chi connectivity index (χ1) is 8.07. The second kappa shape index (κ2) is 8.06. The molecule has 0 saturated heterocycles. The zero-order valence-electron chi connectivity index (χ0n) is 12.2. The molecule has 0 unspecified atom stereocenters. The number of allylic oxidation sites excluding steroid dienone is 2. The molecule has 0 aliphatic carbocycles. The van der Waals surface area contributed by atoms with Gasteiger partial charge in [0.05, 0.1) is 0 Å². The Morgan fingerprint density at radius 2 is 1.12 bits per heavy atom. The Hall–Kier alpha value is -0.126. The highest BCUT2D eigenvalue weighted by molar-refractivity contribution is 6.87. The summed E-state index contributed by atoms with van der Waals surface area (Å²) in [5.41, 5.74) is 0. The van der Waals surface area contributed by atoms with Crippen molar-refractivity contribution in [3.63, 3.8) is 0 Å². The van der Waals surface area contributed by atoms with Gasteiger partial charge in [0.15, 0.2) is 16.6 Å².